The van der Waals surface area contributed by atoms with Gasteiger partial charge in [-0.05, 0) is 65.8 Å². The normalized spacial score (nSPS) is 16.4. The maximum absolute atomic E-state index is 13.9. The Bertz CT molecular complexity index is 1340. The lowest BCUT2D eigenvalue weighted by molar-refractivity contribution is -0.124. The Morgan fingerprint density at radius 2 is 1.49 bits per heavy atom. The maximum atomic E-state index is 13.9. The minimum atomic E-state index is -0.659. The summed E-state index contributed by atoms with van der Waals surface area (Å²) in [7, 11) is 7.99. The molecule has 0 fully saturated rings. The Kier molecular flexibility index (Phi) is 8.91. The number of benzene rings is 3. The summed E-state index contributed by atoms with van der Waals surface area (Å²) >= 11 is 1.64. The van der Waals surface area contributed by atoms with Crippen LogP contribution in [-0.4, -0.2) is 65.0 Å². The standard InChI is InChI=1S/C30H34N2O6S/c1-32-28(19-8-10-20(39-6)11-9-19)27(21-16-25(37-4)26(38-5)17-22(21)30(32)34)29(33)31-14-13-18-7-12-23(35-2)24(15-18)36-3/h7-12,15-17,27-28H,13-14H2,1-6H3,(H,31,33)/t27-,28-/m0/s1. The molecule has 1 aliphatic heterocycles. The lowest BCUT2D eigenvalue weighted by Gasteiger charge is -2.40. The third kappa shape index (κ3) is 5.63. The zero-order chi connectivity index (χ0) is 28.1. The van der Waals surface area contributed by atoms with Crippen LogP contribution >= 0.6 is 11.8 Å². The highest BCUT2D eigenvalue weighted by atomic mass is 32.2. The van der Waals surface area contributed by atoms with Crippen LogP contribution in [0.5, 0.6) is 23.0 Å². The van der Waals surface area contributed by atoms with Gasteiger partial charge in [-0.1, -0.05) is 18.2 Å². The fourth-order valence-electron chi connectivity index (χ4n) is 5.03. The van der Waals surface area contributed by atoms with Gasteiger partial charge < -0.3 is 29.2 Å². The van der Waals surface area contributed by atoms with Crippen molar-refractivity contribution in [2.24, 2.45) is 0 Å². The number of thioether (sulfide) groups is 1. The Balaban J connectivity index is 1.68. The van der Waals surface area contributed by atoms with Gasteiger partial charge in [0.15, 0.2) is 23.0 Å². The number of methoxy groups -OCH3 is 4. The van der Waals surface area contributed by atoms with E-state index in [-0.39, 0.29) is 11.8 Å². The quantitative estimate of drug-likeness (QED) is 0.366. The van der Waals surface area contributed by atoms with Gasteiger partial charge in [-0.2, -0.15) is 0 Å². The van der Waals surface area contributed by atoms with Crippen molar-refractivity contribution < 1.29 is 28.5 Å². The average Bonchev–Trinajstić information content (AvgIpc) is 2.97. The molecule has 8 nitrogen and oxygen atoms in total. The first kappa shape index (κ1) is 28.2. The van der Waals surface area contributed by atoms with Crippen LogP contribution < -0.4 is 24.3 Å². The minimum Gasteiger partial charge on any atom is -0.493 e. The molecule has 9 heteroatoms. The summed E-state index contributed by atoms with van der Waals surface area (Å²) in [5.41, 5.74) is 2.91. The molecule has 0 saturated heterocycles. The van der Waals surface area contributed by atoms with E-state index >= 15 is 0 Å². The number of carbonyl (C=O) groups is 2. The second-order valence-electron chi connectivity index (χ2n) is 9.14. The SMILES string of the molecule is COc1ccc(CCNC(=O)[C@H]2c3cc(OC)c(OC)cc3C(=O)N(C)[C@H]2c2ccc(SC)cc2)cc1OC. The monoisotopic (exact) mass is 550 g/mol. The number of rotatable bonds is 10. The van der Waals surface area contributed by atoms with Crippen molar-refractivity contribution >= 4 is 23.6 Å². The number of amides is 2. The minimum absolute atomic E-state index is 0.178. The van der Waals surface area contributed by atoms with Gasteiger partial charge in [0.2, 0.25) is 5.91 Å². The van der Waals surface area contributed by atoms with Crippen LogP contribution in [0.2, 0.25) is 0 Å². The highest BCUT2D eigenvalue weighted by Crippen LogP contribution is 2.45. The molecule has 0 aliphatic carbocycles. The first-order chi connectivity index (χ1) is 18.9. The predicted molar refractivity (Wildman–Crippen MR) is 152 cm³/mol. The average molecular weight is 551 g/mol. The largest absolute Gasteiger partial charge is 0.493 e. The van der Waals surface area contributed by atoms with E-state index in [4.69, 9.17) is 18.9 Å². The van der Waals surface area contributed by atoms with Gasteiger partial charge in [0.25, 0.3) is 5.91 Å². The third-order valence-electron chi connectivity index (χ3n) is 7.08. The van der Waals surface area contributed by atoms with E-state index in [1.165, 1.54) is 14.2 Å². The summed E-state index contributed by atoms with van der Waals surface area (Å²) in [6, 6.07) is 16.6. The molecule has 4 rings (SSSR count). The molecule has 0 radical (unpaired) electrons. The molecule has 2 amide bonds. The predicted octanol–water partition coefficient (Wildman–Crippen LogP) is 4.71. The van der Waals surface area contributed by atoms with Crippen LogP contribution in [-0.2, 0) is 11.2 Å². The molecule has 3 aromatic carbocycles. The number of nitrogens with one attached hydrogen (secondary N) is 1. The van der Waals surface area contributed by atoms with Crippen molar-refractivity contribution in [2.75, 3.05) is 48.3 Å². The zero-order valence-corrected chi connectivity index (χ0v) is 23.9. The fraction of sp³-hybridized carbons (Fsp3) is 0.333. The second-order valence-corrected chi connectivity index (χ2v) is 10.0. The summed E-state index contributed by atoms with van der Waals surface area (Å²) in [5, 5.41) is 3.11. The van der Waals surface area contributed by atoms with Crippen molar-refractivity contribution in [3.8, 4) is 23.0 Å². The van der Waals surface area contributed by atoms with Crippen LogP contribution in [0.25, 0.3) is 0 Å². The number of carbonyl (C=O) groups excluding carboxylic acids is 2. The van der Waals surface area contributed by atoms with E-state index in [2.05, 4.69) is 5.32 Å². The van der Waals surface area contributed by atoms with E-state index < -0.39 is 12.0 Å². The Morgan fingerprint density at radius 1 is 0.872 bits per heavy atom. The molecule has 39 heavy (non-hydrogen) atoms. The van der Waals surface area contributed by atoms with Crippen LogP contribution in [0.3, 0.4) is 0 Å². The van der Waals surface area contributed by atoms with Crippen molar-refractivity contribution in [3.63, 3.8) is 0 Å². The summed E-state index contributed by atoms with van der Waals surface area (Å²) in [4.78, 5) is 30.2. The van der Waals surface area contributed by atoms with Crippen molar-refractivity contribution in [1.82, 2.24) is 10.2 Å². The van der Waals surface area contributed by atoms with Gasteiger partial charge in [0.05, 0.1) is 40.4 Å². The van der Waals surface area contributed by atoms with Crippen molar-refractivity contribution in [3.05, 3.63) is 76.9 Å². The molecule has 2 atom stereocenters. The van der Waals surface area contributed by atoms with E-state index in [0.29, 0.717) is 47.1 Å². The molecular formula is C30H34N2O6S. The molecule has 0 unspecified atom stereocenters. The van der Waals surface area contributed by atoms with E-state index in [9.17, 15) is 9.59 Å². The van der Waals surface area contributed by atoms with Gasteiger partial charge in [-0.25, -0.2) is 0 Å². The van der Waals surface area contributed by atoms with Crippen LogP contribution in [0.4, 0.5) is 0 Å². The number of hydrogen-bond donors (Lipinski definition) is 1. The van der Waals surface area contributed by atoms with Crippen molar-refractivity contribution in [2.45, 2.75) is 23.3 Å². The van der Waals surface area contributed by atoms with E-state index in [1.54, 1.807) is 50.1 Å². The fourth-order valence-corrected chi connectivity index (χ4v) is 5.43. The van der Waals surface area contributed by atoms with Gasteiger partial charge in [0.1, 0.15) is 0 Å². The molecule has 206 valence electrons. The van der Waals surface area contributed by atoms with Crippen LogP contribution in [0, 0.1) is 0 Å². The first-order valence-electron chi connectivity index (χ1n) is 12.5. The van der Waals surface area contributed by atoms with E-state index in [0.717, 1.165) is 16.0 Å². The number of fused-ring (bicyclic) bond motifs is 1. The molecule has 1 aliphatic rings. The second kappa shape index (κ2) is 12.3. The third-order valence-corrected chi connectivity index (χ3v) is 7.82. The molecule has 1 N–H and O–H groups in total. The lowest BCUT2D eigenvalue weighted by Crippen LogP contribution is -2.46. The highest BCUT2D eigenvalue weighted by molar-refractivity contribution is 7.98. The number of nitrogens with zero attached hydrogens (tertiary/aromatic N) is 1. The van der Waals surface area contributed by atoms with Gasteiger partial charge >= 0.3 is 0 Å². The van der Waals surface area contributed by atoms with Crippen molar-refractivity contribution in [1.29, 1.82) is 0 Å². The molecule has 0 saturated carbocycles. The summed E-state index contributed by atoms with van der Waals surface area (Å²) < 4.78 is 21.7. The Hall–Kier alpha value is -3.85. The molecule has 0 spiro atoms. The molecule has 0 bridgehead atoms. The molecule has 3 aromatic rings. The number of likely N-dealkylation sites (N-methyl/N-ethyl adjacent to an activating group) is 1. The van der Waals surface area contributed by atoms with Crippen LogP contribution in [0.1, 0.15) is 39.0 Å². The molecule has 1 heterocycles. The maximum Gasteiger partial charge on any atom is 0.254 e. The zero-order valence-electron chi connectivity index (χ0n) is 23.1. The van der Waals surface area contributed by atoms with Gasteiger partial charge in [0, 0.05) is 24.1 Å². The lowest BCUT2D eigenvalue weighted by atomic mass is 9.79. The van der Waals surface area contributed by atoms with Crippen LogP contribution in [0.15, 0.2) is 59.5 Å². The molecule has 0 aromatic heterocycles. The highest BCUT2D eigenvalue weighted by Gasteiger charge is 2.43. The Labute approximate surface area is 233 Å². The first-order valence-corrected chi connectivity index (χ1v) is 13.7. The van der Waals surface area contributed by atoms with Gasteiger partial charge in [-0.15, -0.1) is 11.8 Å². The smallest absolute Gasteiger partial charge is 0.254 e. The summed E-state index contributed by atoms with van der Waals surface area (Å²) in [5.74, 6) is 1.17. The number of hydrogen-bond acceptors (Lipinski definition) is 7. The van der Waals surface area contributed by atoms with E-state index in [1.807, 2.05) is 48.7 Å². The molecular weight excluding hydrogens is 516 g/mol. The Morgan fingerprint density at radius 3 is 2.10 bits per heavy atom. The summed E-state index contributed by atoms with van der Waals surface area (Å²) in [6.45, 7) is 0.406. The van der Waals surface area contributed by atoms with Gasteiger partial charge in [-0.3, -0.25) is 9.59 Å². The topological polar surface area (TPSA) is 86.3 Å². The number of ether oxygens (including phenoxy) is 4. The summed E-state index contributed by atoms with van der Waals surface area (Å²) in [6.07, 6.45) is 2.61.